The standard InChI is InChI=1S/C17H29NO/c1-12(2)10-14-8-7-9-15(11-14)16(18-5)17(19-6)13(3)4/h7-9,11-13,16-18H,10H2,1-6H3. The van der Waals surface area contributed by atoms with Gasteiger partial charge >= 0.3 is 0 Å². The fourth-order valence-electron chi connectivity index (χ4n) is 2.70. The Kier molecular flexibility index (Phi) is 6.53. The molecule has 19 heavy (non-hydrogen) atoms. The van der Waals surface area contributed by atoms with E-state index in [1.54, 1.807) is 7.11 Å². The van der Waals surface area contributed by atoms with Crippen LogP contribution in [0.4, 0.5) is 0 Å². The highest BCUT2D eigenvalue weighted by Gasteiger charge is 2.24. The van der Waals surface area contributed by atoms with Crippen LogP contribution in [0.3, 0.4) is 0 Å². The molecule has 2 heteroatoms. The summed E-state index contributed by atoms with van der Waals surface area (Å²) >= 11 is 0. The molecule has 0 saturated carbocycles. The first-order valence-corrected chi connectivity index (χ1v) is 7.28. The Bertz CT molecular complexity index is 373. The fourth-order valence-corrected chi connectivity index (χ4v) is 2.70. The third-order valence-electron chi connectivity index (χ3n) is 3.52. The smallest absolute Gasteiger partial charge is 0.0788 e. The van der Waals surface area contributed by atoms with E-state index in [-0.39, 0.29) is 12.1 Å². The second kappa shape index (κ2) is 7.66. The van der Waals surface area contributed by atoms with Gasteiger partial charge in [0.15, 0.2) is 0 Å². The van der Waals surface area contributed by atoms with Crippen LogP contribution < -0.4 is 5.32 Å². The fraction of sp³-hybridized carbons (Fsp3) is 0.647. The van der Waals surface area contributed by atoms with Gasteiger partial charge in [0.05, 0.1) is 12.1 Å². The number of methoxy groups -OCH3 is 1. The Labute approximate surface area is 118 Å². The zero-order valence-corrected chi connectivity index (χ0v) is 13.2. The van der Waals surface area contributed by atoms with E-state index in [1.165, 1.54) is 11.1 Å². The quantitative estimate of drug-likeness (QED) is 0.807. The molecule has 1 aromatic carbocycles. The van der Waals surface area contributed by atoms with Gasteiger partial charge in [0, 0.05) is 7.11 Å². The predicted molar refractivity (Wildman–Crippen MR) is 82.4 cm³/mol. The van der Waals surface area contributed by atoms with Gasteiger partial charge in [0.25, 0.3) is 0 Å². The van der Waals surface area contributed by atoms with Crippen molar-refractivity contribution in [1.29, 1.82) is 0 Å². The first-order valence-electron chi connectivity index (χ1n) is 7.28. The van der Waals surface area contributed by atoms with Crippen molar-refractivity contribution in [3.8, 4) is 0 Å². The lowest BCUT2D eigenvalue weighted by molar-refractivity contribution is 0.0348. The van der Waals surface area contributed by atoms with Gasteiger partial charge in [-0.2, -0.15) is 0 Å². The third kappa shape index (κ3) is 4.63. The summed E-state index contributed by atoms with van der Waals surface area (Å²) in [5.41, 5.74) is 2.73. The average molecular weight is 263 g/mol. The van der Waals surface area contributed by atoms with Crippen LogP contribution in [-0.2, 0) is 11.2 Å². The van der Waals surface area contributed by atoms with E-state index in [1.807, 2.05) is 7.05 Å². The molecule has 0 aliphatic carbocycles. The van der Waals surface area contributed by atoms with E-state index in [0.29, 0.717) is 11.8 Å². The molecule has 0 saturated heterocycles. The summed E-state index contributed by atoms with van der Waals surface area (Å²) in [7, 11) is 3.81. The summed E-state index contributed by atoms with van der Waals surface area (Å²) in [6.07, 6.45) is 1.32. The highest BCUT2D eigenvalue weighted by molar-refractivity contribution is 5.27. The average Bonchev–Trinajstić information content (AvgIpc) is 2.34. The molecule has 1 rings (SSSR count). The molecule has 2 unspecified atom stereocenters. The maximum Gasteiger partial charge on any atom is 0.0788 e. The largest absolute Gasteiger partial charge is 0.379 e. The monoisotopic (exact) mass is 263 g/mol. The minimum absolute atomic E-state index is 0.194. The molecule has 0 bridgehead atoms. The minimum Gasteiger partial charge on any atom is -0.379 e. The van der Waals surface area contributed by atoms with E-state index in [2.05, 4.69) is 57.3 Å². The number of ether oxygens (including phenoxy) is 1. The second-order valence-corrected chi connectivity index (χ2v) is 6.05. The maximum atomic E-state index is 5.68. The number of benzene rings is 1. The molecule has 0 heterocycles. The van der Waals surface area contributed by atoms with Crippen molar-refractivity contribution in [1.82, 2.24) is 5.32 Å². The van der Waals surface area contributed by atoms with Crippen molar-refractivity contribution in [3.05, 3.63) is 35.4 Å². The van der Waals surface area contributed by atoms with Gasteiger partial charge < -0.3 is 10.1 Å². The normalized spacial score (nSPS) is 14.9. The van der Waals surface area contributed by atoms with Crippen LogP contribution >= 0.6 is 0 Å². The van der Waals surface area contributed by atoms with Gasteiger partial charge in [-0.15, -0.1) is 0 Å². The minimum atomic E-state index is 0.194. The highest BCUT2D eigenvalue weighted by atomic mass is 16.5. The number of likely N-dealkylation sites (N-methyl/N-ethyl adjacent to an activating group) is 1. The van der Waals surface area contributed by atoms with Gasteiger partial charge in [0.1, 0.15) is 0 Å². The van der Waals surface area contributed by atoms with Gasteiger partial charge in [0.2, 0.25) is 0 Å². The zero-order valence-electron chi connectivity index (χ0n) is 13.2. The van der Waals surface area contributed by atoms with E-state index in [0.717, 1.165) is 6.42 Å². The molecule has 0 spiro atoms. The molecule has 0 aromatic heterocycles. The van der Waals surface area contributed by atoms with Gasteiger partial charge in [-0.05, 0) is 36.4 Å². The molecular formula is C17H29NO. The summed E-state index contributed by atoms with van der Waals surface area (Å²) in [4.78, 5) is 0. The van der Waals surface area contributed by atoms with Gasteiger partial charge in [-0.25, -0.2) is 0 Å². The van der Waals surface area contributed by atoms with Crippen molar-refractivity contribution in [2.75, 3.05) is 14.2 Å². The number of hydrogen-bond acceptors (Lipinski definition) is 2. The number of nitrogens with one attached hydrogen (secondary N) is 1. The first kappa shape index (κ1) is 16.2. The SMILES string of the molecule is CNC(c1cccc(CC(C)C)c1)C(OC)C(C)C. The first-order chi connectivity index (χ1) is 8.99. The summed E-state index contributed by atoms with van der Waals surface area (Å²) in [5.74, 6) is 1.17. The highest BCUT2D eigenvalue weighted by Crippen LogP contribution is 2.25. The van der Waals surface area contributed by atoms with Crippen LogP contribution in [0.5, 0.6) is 0 Å². The Morgan fingerprint density at radius 3 is 2.32 bits per heavy atom. The molecule has 2 nitrogen and oxygen atoms in total. The van der Waals surface area contributed by atoms with Gasteiger partial charge in [-0.3, -0.25) is 0 Å². The molecule has 0 aliphatic heterocycles. The summed E-state index contributed by atoms with van der Waals surface area (Å²) < 4.78 is 5.68. The molecule has 1 N–H and O–H groups in total. The Balaban J connectivity index is 2.97. The zero-order chi connectivity index (χ0) is 14.4. The molecule has 0 fully saturated rings. The van der Waals surface area contributed by atoms with Crippen molar-refractivity contribution >= 4 is 0 Å². The van der Waals surface area contributed by atoms with Crippen LogP contribution in [-0.4, -0.2) is 20.3 Å². The summed E-state index contributed by atoms with van der Waals surface area (Å²) in [6, 6.07) is 9.13. The Hall–Kier alpha value is -0.860. The molecule has 2 atom stereocenters. The lowest BCUT2D eigenvalue weighted by Crippen LogP contribution is -2.34. The molecule has 0 radical (unpaired) electrons. The maximum absolute atomic E-state index is 5.68. The van der Waals surface area contributed by atoms with Crippen LogP contribution in [0.15, 0.2) is 24.3 Å². The molecule has 108 valence electrons. The number of hydrogen-bond donors (Lipinski definition) is 1. The topological polar surface area (TPSA) is 21.3 Å². The van der Waals surface area contributed by atoms with E-state index in [4.69, 9.17) is 4.74 Å². The Morgan fingerprint density at radius 2 is 1.84 bits per heavy atom. The van der Waals surface area contributed by atoms with Gasteiger partial charge in [-0.1, -0.05) is 52.0 Å². The van der Waals surface area contributed by atoms with E-state index in [9.17, 15) is 0 Å². The van der Waals surface area contributed by atoms with Crippen LogP contribution in [0.2, 0.25) is 0 Å². The lowest BCUT2D eigenvalue weighted by atomic mass is 9.91. The van der Waals surface area contributed by atoms with Crippen molar-refractivity contribution in [3.63, 3.8) is 0 Å². The molecular weight excluding hydrogens is 234 g/mol. The lowest BCUT2D eigenvalue weighted by Gasteiger charge is -2.29. The van der Waals surface area contributed by atoms with Crippen LogP contribution in [0.25, 0.3) is 0 Å². The van der Waals surface area contributed by atoms with Crippen LogP contribution in [0.1, 0.15) is 44.9 Å². The molecule has 1 aromatic rings. The van der Waals surface area contributed by atoms with E-state index < -0.39 is 0 Å². The third-order valence-corrected chi connectivity index (χ3v) is 3.52. The van der Waals surface area contributed by atoms with Crippen molar-refractivity contribution in [2.45, 2.75) is 46.3 Å². The number of rotatable bonds is 7. The Morgan fingerprint density at radius 1 is 1.16 bits per heavy atom. The van der Waals surface area contributed by atoms with Crippen molar-refractivity contribution < 1.29 is 4.74 Å². The summed E-state index contributed by atoms with van der Waals surface area (Å²) in [5, 5.41) is 3.41. The van der Waals surface area contributed by atoms with E-state index >= 15 is 0 Å². The molecule has 0 aliphatic rings. The predicted octanol–water partition coefficient (Wildman–Crippen LogP) is 3.82. The van der Waals surface area contributed by atoms with Crippen LogP contribution in [0, 0.1) is 11.8 Å². The van der Waals surface area contributed by atoms with Crippen molar-refractivity contribution in [2.24, 2.45) is 11.8 Å². The second-order valence-electron chi connectivity index (χ2n) is 6.05. The molecule has 0 amide bonds. The summed E-state index contributed by atoms with van der Waals surface area (Å²) in [6.45, 7) is 8.93.